The van der Waals surface area contributed by atoms with E-state index < -0.39 is 4.92 Å². The number of hydrogen-bond acceptors (Lipinski definition) is 6. The highest BCUT2D eigenvalue weighted by molar-refractivity contribution is 5.81. The number of carbonyl (C=O) groups is 1. The molecule has 8 heteroatoms. The van der Waals surface area contributed by atoms with Crippen molar-refractivity contribution >= 4 is 17.8 Å². The number of hydrogen-bond donors (Lipinski definition) is 2. The number of phenolic OH excluding ortho intramolecular Hbond substituents is 1. The van der Waals surface area contributed by atoms with Crippen LogP contribution in [0.25, 0.3) is 11.3 Å². The summed E-state index contributed by atoms with van der Waals surface area (Å²) in [4.78, 5) is 22.2. The maximum atomic E-state index is 11.8. The van der Waals surface area contributed by atoms with Crippen LogP contribution in [0.15, 0.2) is 70.2 Å². The Balaban J connectivity index is 1.55. The van der Waals surface area contributed by atoms with Crippen LogP contribution in [0.4, 0.5) is 5.69 Å². The average Bonchev–Trinajstić information content (AvgIpc) is 3.16. The number of rotatable bonds is 7. The van der Waals surface area contributed by atoms with Crippen molar-refractivity contribution in [3.05, 3.63) is 82.1 Å². The first-order valence-electron chi connectivity index (χ1n) is 8.46. The molecule has 0 fully saturated rings. The highest BCUT2D eigenvalue weighted by atomic mass is 16.6. The Hall–Kier alpha value is -3.94. The summed E-state index contributed by atoms with van der Waals surface area (Å²) >= 11 is 0. The van der Waals surface area contributed by atoms with Gasteiger partial charge in [-0.2, -0.15) is 5.10 Å². The molecule has 3 rings (SSSR count). The van der Waals surface area contributed by atoms with Crippen molar-refractivity contribution in [1.29, 1.82) is 0 Å². The van der Waals surface area contributed by atoms with Crippen LogP contribution in [0.5, 0.6) is 5.75 Å². The minimum Gasteiger partial charge on any atom is -0.508 e. The van der Waals surface area contributed by atoms with Crippen molar-refractivity contribution in [3.8, 4) is 17.1 Å². The van der Waals surface area contributed by atoms with E-state index in [0.29, 0.717) is 29.1 Å². The van der Waals surface area contributed by atoms with Crippen molar-refractivity contribution in [3.63, 3.8) is 0 Å². The Morgan fingerprint density at radius 3 is 2.79 bits per heavy atom. The third-order valence-corrected chi connectivity index (χ3v) is 3.96. The summed E-state index contributed by atoms with van der Waals surface area (Å²) in [7, 11) is 0. The second-order valence-electron chi connectivity index (χ2n) is 5.93. The van der Waals surface area contributed by atoms with Gasteiger partial charge in [-0.3, -0.25) is 14.9 Å². The van der Waals surface area contributed by atoms with Crippen LogP contribution < -0.4 is 5.43 Å². The molecule has 0 aliphatic carbocycles. The van der Waals surface area contributed by atoms with Gasteiger partial charge in [0.05, 0.1) is 11.1 Å². The largest absolute Gasteiger partial charge is 0.508 e. The number of aromatic hydroxyl groups is 1. The number of nitro benzene ring substituents is 1. The molecule has 0 atom stereocenters. The van der Waals surface area contributed by atoms with Crippen LogP contribution in [0.2, 0.25) is 0 Å². The summed E-state index contributed by atoms with van der Waals surface area (Å²) < 4.78 is 5.58. The molecule has 1 aromatic heterocycles. The predicted molar refractivity (Wildman–Crippen MR) is 103 cm³/mol. The highest BCUT2D eigenvalue weighted by Gasteiger charge is 2.10. The van der Waals surface area contributed by atoms with E-state index in [1.54, 1.807) is 48.5 Å². The molecule has 142 valence electrons. The Kier molecular flexibility index (Phi) is 5.81. The SMILES string of the molecule is O=C(CCc1ccccc1O)N/N=C/c1ccc(-c2cccc([N+](=O)[O-])c2)o1. The lowest BCUT2D eigenvalue weighted by Gasteiger charge is -2.03. The van der Waals surface area contributed by atoms with Crippen LogP contribution in [-0.4, -0.2) is 22.2 Å². The molecule has 28 heavy (non-hydrogen) atoms. The minimum atomic E-state index is -0.473. The first kappa shape index (κ1) is 18.8. The van der Waals surface area contributed by atoms with Gasteiger partial charge in [-0.1, -0.05) is 30.3 Å². The number of benzene rings is 2. The van der Waals surface area contributed by atoms with Gasteiger partial charge in [0.25, 0.3) is 5.69 Å². The Morgan fingerprint density at radius 2 is 2.00 bits per heavy atom. The molecule has 0 aliphatic heterocycles. The number of nitrogens with one attached hydrogen (secondary N) is 1. The highest BCUT2D eigenvalue weighted by Crippen LogP contribution is 2.25. The maximum absolute atomic E-state index is 11.8. The monoisotopic (exact) mass is 379 g/mol. The first-order valence-corrected chi connectivity index (χ1v) is 8.46. The molecule has 8 nitrogen and oxygen atoms in total. The van der Waals surface area contributed by atoms with Crippen molar-refractivity contribution in [2.45, 2.75) is 12.8 Å². The third kappa shape index (κ3) is 4.82. The number of aryl methyl sites for hydroxylation is 1. The van der Waals surface area contributed by atoms with Crippen LogP contribution in [0.1, 0.15) is 17.7 Å². The van der Waals surface area contributed by atoms with E-state index in [1.165, 1.54) is 18.3 Å². The number of non-ortho nitro benzene ring substituents is 1. The van der Waals surface area contributed by atoms with Gasteiger partial charge in [0.1, 0.15) is 17.3 Å². The lowest BCUT2D eigenvalue weighted by Crippen LogP contribution is -2.17. The zero-order valence-electron chi connectivity index (χ0n) is 14.7. The fourth-order valence-electron chi connectivity index (χ4n) is 2.54. The van der Waals surface area contributed by atoms with E-state index in [-0.39, 0.29) is 23.8 Å². The standard InChI is InChI=1S/C20H17N3O5/c24-18-7-2-1-4-14(18)8-11-20(25)22-21-13-17-9-10-19(28-17)15-5-3-6-16(12-15)23(26)27/h1-7,9-10,12-13,24H,8,11H2,(H,22,25)/b21-13+. The Morgan fingerprint density at radius 1 is 1.18 bits per heavy atom. The van der Waals surface area contributed by atoms with E-state index in [0.717, 1.165) is 0 Å². The molecule has 0 radical (unpaired) electrons. The molecule has 1 amide bonds. The molecule has 0 saturated heterocycles. The van der Waals surface area contributed by atoms with Crippen molar-refractivity contribution in [2.75, 3.05) is 0 Å². The van der Waals surface area contributed by atoms with Gasteiger partial charge in [0, 0.05) is 24.1 Å². The lowest BCUT2D eigenvalue weighted by atomic mass is 10.1. The van der Waals surface area contributed by atoms with E-state index in [9.17, 15) is 20.0 Å². The number of phenols is 1. The zero-order valence-corrected chi connectivity index (χ0v) is 14.7. The van der Waals surface area contributed by atoms with Crippen LogP contribution >= 0.6 is 0 Å². The number of amides is 1. The number of carbonyl (C=O) groups excluding carboxylic acids is 1. The summed E-state index contributed by atoms with van der Waals surface area (Å²) in [5, 5.41) is 24.4. The fraction of sp³-hybridized carbons (Fsp3) is 0.100. The van der Waals surface area contributed by atoms with Crippen molar-refractivity contribution < 1.29 is 19.2 Å². The van der Waals surface area contributed by atoms with E-state index >= 15 is 0 Å². The molecule has 0 bridgehead atoms. The molecular formula is C20H17N3O5. The van der Waals surface area contributed by atoms with Crippen LogP contribution in [-0.2, 0) is 11.2 Å². The Bertz CT molecular complexity index is 1030. The molecule has 0 saturated carbocycles. The zero-order chi connectivity index (χ0) is 19.9. The second-order valence-corrected chi connectivity index (χ2v) is 5.93. The summed E-state index contributed by atoms with van der Waals surface area (Å²) in [6.07, 6.45) is 1.91. The van der Waals surface area contributed by atoms with Gasteiger partial charge >= 0.3 is 0 Å². The molecule has 0 unspecified atom stereocenters. The lowest BCUT2D eigenvalue weighted by molar-refractivity contribution is -0.384. The van der Waals surface area contributed by atoms with Gasteiger partial charge in [0.2, 0.25) is 5.91 Å². The predicted octanol–water partition coefficient (Wildman–Crippen LogP) is 3.64. The van der Waals surface area contributed by atoms with Gasteiger partial charge in [-0.05, 0) is 30.2 Å². The van der Waals surface area contributed by atoms with Crippen molar-refractivity contribution in [2.24, 2.45) is 5.10 Å². The smallest absolute Gasteiger partial charge is 0.270 e. The second kappa shape index (κ2) is 8.63. The quantitative estimate of drug-likeness (QED) is 0.369. The normalized spacial score (nSPS) is 10.9. The minimum absolute atomic E-state index is 0.0270. The van der Waals surface area contributed by atoms with Gasteiger partial charge in [-0.15, -0.1) is 0 Å². The van der Waals surface area contributed by atoms with Crippen LogP contribution in [0, 0.1) is 10.1 Å². The molecule has 1 heterocycles. The molecular weight excluding hydrogens is 362 g/mol. The van der Waals surface area contributed by atoms with Gasteiger partial charge in [0.15, 0.2) is 0 Å². The topological polar surface area (TPSA) is 118 Å². The molecule has 2 aromatic carbocycles. The van der Waals surface area contributed by atoms with E-state index in [2.05, 4.69) is 10.5 Å². The summed E-state index contributed by atoms with van der Waals surface area (Å²) in [5.74, 6) is 0.701. The van der Waals surface area contributed by atoms with Gasteiger partial charge < -0.3 is 9.52 Å². The molecule has 3 aromatic rings. The average molecular weight is 379 g/mol. The third-order valence-electron chi connectivity index (χ3n) is 3.96. The van der Waals surface area contributed by atoms with Crippen LogP contribution in [0.3, 0.4) is 0 Å². The fourth-order valence-corrected chi connectivity index (χ4v) is 2.54. The summed E-state index contributed by atoms with van der Waals surface area (Å²) in [6, 6.07) is 16.2. The molecule has 2 N–H and O–H groups in total. The molecule has 0 spiro atoms. The maximum Gasteiger partial charge on any atom is 0.270 e. The first-order chi connectivity index (χ1) is 13.5. The van der Waals surface area contributed by atoms with Crippen molar-refractivity contribution in [1.82, 2.24) is 5.43 Å². The number of furan rings is 1. The number of nitro groups is 1. The van der Waals surface area contributed by atoms with E-state index in [1.807, 2.05) is 0 Å². The Labute approximate surface area is 160 Å². The summed E-state index contributed by atoms with van der Waals surface area (Å²) in [5.41, 5.74) is 3.63. The molecule has 0 aliphatic rings. The summed E-state index contributed by atoms with van der Waals surface area (Å²) in [6.45, 7) is 0. The van der Waals surface area contributed by atoms with E-state index in [4.69, 9.17) is 4.42 Å². The number of nitrogens with zero attached hydrogens (tertiary/aromatic N) is 2. The number of hydrazone groups is 1. The van der Waals surface area contributed by atoms with Gasteiger partial charge in [-0.25, -0.2) is 5.43 Å². The number of para-hydroxylation sites is 1.